The lowest BCUT2D eigenvalue weighted by Crippen LogP contribution is -2.51. The van der Waals surface area contributed by atoms with Crippen LogP contribution in [0.4, 0.5) is 0 Å². The van der Waals surface area contributed by atoms with Crippen molar-refractivity contribution >= 4 is 17.6 Å². The van der Waals surface area contributed by atoms with Gasteiger partial charge in [-0.05, 0) is 61.4 Å². The summed E-state index contributed by atoms with van der Waals surface area (Å²) in [6.45, 7) is 6.04. The average Bonchev–Trinajstić information content (AvgIpc) is 3.62. The second kappa shape index (κ2) is 14.1. The fourth-order valence-electron chi connectivity index (χ4n) is 5.57. The van der Waals surface area contributed by atoms with Gasteiger partial charge < -0.3 is 20.4 Å². The van der Waals surface area contributed by atoms with E-state index in [2.05, 4.69) is 10.3 Å². The Balaban J connectivity index is 0.00000186. The summed E-state index contributed by atoms with van der Waals surface area (Å²) in [7, 11) is 0. The van der Waals surface area contributed by atoms with E-state index in [9.17, 15) is 14.4 Å². The first-order valence-electron chi connectivity index (χ1n) is 13.7. The van der Waals surface area contributed by atoms with E-state index >= 15 is 0 Å². The van der Waals surface area contributed by atoms with Gasteiger partial charge in [-0.1, -0.05) is 46.0 Å². The molecule has 4 atom stereocenters. The largest absolute Gasteiger partial charge is 0.468 e. The lowest BCUT2D eigenvalue weighted by Gasteiger charge is -2.28. The van der Waals surface area contributed by atoms with E-state index in [4.69, 9.17) is 10.2 Å². The Kier molecular flexibility index (Phi) is 10.9. The van der Waals surface area contributed by atoms with E-state index in [0.717, 1.165) is 18.4 Å². The van der Waals surface area contributed by atoms with E-state index < -0.39 is 18.1 Å². The molecule has 1 saturated carbocycles. The van der Waals surface area contributed by atoms with Crippen LogP contribution in [-0.4, -0.2) is 46.1 Å². The number of Topliss-reactive ketones (excluding diaryl/α,β-unsaturated/α-hetero) is 1. The highest BCUT2D eigenvalue weighted by molar-refractivity contribution is 5.92. The number of amides is 2. The first kappa shape index (κ1) is 28.6. The fraction of sp³-hybridized carbons (Fsp3) is 0.586. The zero-order chi connectivity index (χ0) is 26.8. The smallest absolute Gasteiger partial charge is 0.243 e. The molecule has 2 unspecified atom stereocenters. The van der Waals surface area contributed by atoms with Crippen LogP contribution in [-0.2, 0) is 20.8 Å². The van der Waals surface area contributed by atoms with Crippen LogP contribution in [0.25, 0.3) is 0 Å². The molecule has 202 valence electrons. The predicted octanol–water partition coefficient (Wildman–Crippen LogP) is 4.20. The number of ketones is 1. The molecule has 0 spiro atoms. The van der Waals surface area contributed by atoms with Gasteiger partial charge in [-0.15, -0.1) is 0 Å². The van der Waals surface area contributed by atoms with Gasteiger partial charge in [-0.2, -0.15) is 0 Å². The third kappa shape index (κ3) is 7.74. The number of furan rings is 1. The molecule has 2 amide bonds. The monoisotopic (exact) mass is 510 g/mol. The lowest BCUT2D eigenvalue weighted by molar-refractivity contribution is -0.139. The van der Waals surface area contributed by atoms with Crippen molar-refractivity contribution < 1.29 is 18.8 Å². The number of likely N-dealkylation sites (tertiary alicyclic amines) is 1. The predicted molar refractivity (Wildman–Crippen MR) is 142 cm³/mol. The summed E-state index contributed by atoms with van der Waals surface area (Å²) in [6, 6.07) is 5.36. The van der Waals surface area contributed by atoms with Crippen LogP contribution >= 0.6 is 0 Å². The van der Waals surface area contributed by atoms with Gasteiger partial charge in [0.1, 0.15) is 11.8 Å². The molecule has 3 heterocycles. The Morgan fingerprint density at radius 2 is 1.81 bits per heavy atom. The summed E-state index contributed by atoms with van der Waals surface area (Å²) in [6.07, 6.45) is 11.9. The number of rotatable bonds is 9. The van der Waals surface area contributed by atoms with Crippen molar-refractivity contribution in [3.63, 3.8) is 0 Å². The molecule has 37 heavy (non-hydrogen) atoms. The Morgan fingerprint density at radius 1 is 1.11 bits per heavy atom. The van der Waals surface area contributed by atoms with Crippen molar-refractivity contribution in [1.29, 1.82) is 0 Å². The summed E-state index contributed by atoms with van der Waals surface area (Å²) in [5, 5.41) is 2.94. The Labute approximate surface area is 220 Å². The minimum Gasteiger partial charge on any atom is -0.468 e. The van der Waals surface area contributed by atoms with E-state index in [1.807, 2.05) is 26.0 Å². The van der Waals surface area contributed by atoms with E-state index in [1.54, 1.807) is 29.4 Å². The van der Waals surface area contributed by atoms with Gasteiger partial charge in [-0.3, -0.25) is 19.4 Å². The number of pyridine rings is 1. The summed E-state index contributed by atoms with van der Waals surface area (Å²) in [4.78, 5) is 44.9. The number of hydrogen-bond acceptors (Lipinski definition) is 6. The molecule has 8 nitrogen and oxygen atoms in total. The molecule has 8 heteroatoms. The lowest BCUT2D eigenvalue weighted by atomic mass is 9.79. The topological polar surface area (TPSA) is 119 Å². The molecule has 0 bridgehead atoms. The van der Waals surface area contributed by atoms with Crippen LogP contribution in [0.3, 0.4) is 0 Å². The maximum absolute atomic E-state index is 13.5. The van der Waals surface area contributed by atoms with Crippen molar-refractivity contribution in [3.05, 3.63) is 54.2 Å². The Bertz CT molecular complexity index is 989. The Hall–Kier alpha value is -3.00. The van der Waals surface area contributed by atoms with Crippen LogP contribution in [0, 0.1) is 11.8 Å². The number of carbonyl (C=O) groups is 3. The Morgan fingerprint density at radius 3 is 2.43 bits per heavy atom. The minimum atomic E-state index is -0.652. The summed E-state index contributed by atoms with van der Waals surface area (Å²) in [5.41, 5.74) is 7.14. The summed E-state index contributed by atoms with van der Waals surface area (Å²) < 4.78 is 5.37. The maximum atomic E-state index is 13.5. The molecule has 2 aliphatic rings. The highest BCUT2D eigenvalue weighted by Gasteiger charge is 2.43. The number of carbonyl (C=O) groups excluding carboxylic acids is 3. The highest BCUT2D eigenvalue weighted by atomic mass is 16.3. The number of nitrogens with two attached hydrogens (primary N) is 1. The number of aromatic nitrogens is 1. The van der Waals surface area contributed by atoms with Crippen LogP contribution < -0.4 is 11.1 Å². The molecule has 2 fully saturated rings. The van der Waals surface area contributed by atoms with Gasteiger partial charge in [0, 0.05) is 25.4 Å². The molecule has 2 aromatic heterocycles. The zero-order valence-electron chi connectivity index (χ0n) is 22.4. The normalized spacial score (nSPS) is 21.5. The first-order valence-corrected chi connectivity index (χ1v) is 13.7. The van der Waals surface area contributed by atoms with Crippen molar-refractivity contribution in [3.8, 4) is 0 Å². The van der Waals surface area contributed by atoms with Gasteiger partial charge in [0.15, 0.2) is 5.78 Å². The van der Waals surface area contributed by atoms with Crippen LogP contribution in [0.2, 0.25) is 0 Å². The van der Waals surface area contributed by atoms with Crippen molar-refractivity contribution in [2.24, 2.45) is 17.6 Å². The summed E-state index contributed by atoms with van der Waals surface area (Å²) >= 11 is 0. The quantitative estimate of drug-likeness (QED) is 0.522. The minimum absolute atomic E-state index is 0.0713. The fourth-order valence-corrected chi connectivity index (χ4v) is 5.57. The highest BCUT2D eigenvalue weighted by Crippen LogP contribution is 2.38. The van der Waals surface area contributed by atoms with Crippen LogP contribution in [0.1, 0.15) is 83.1 Å². The molecule has 1 aliphatic carbocycles. The second-order valence-corrected chi connectivity index (χ2v) is 10.0. The zero-order valence-corrected chi connectivity index (χ0v) is 22.4. The van der Waals surface area contributed by atoms with Crippen molar-refractivity contribution in [2.45, 2.75) is 90.3 Å². The average molecular weight is 511 g/mol. The van der Waals surface area contributed by atoms with Crippen LogP contribution in [0.5, 0.6) is 0 Å². The molecule has 0 aromatic carbocycles. The standard InChI is InChI=1S/C27H36N4O4.C2H6/c1-18(32)23(14-19-9-11-29-12-10-19)30-27(34)24-15-21(20-6-3-2-4-7-20)17-31(24)26(33)16-22(28)25-8-5-13-35-25;1-2/h5,8-13,20-24H,2-4,6-7,14-17,28H2,1H3,(H,30,34);1-2H3/t21?,22?,23-,24-;/m0./s1. The van der Waals surface area contributed by atoms with Gasteiger partial charge in [0.05, 0.1) is 18.3 Å². The molecule has 1 saturated heterocycles. The van der Waals surface area contributed by atoms with E-state index in [0.29, 0.717) is 31.1 Å². The molecule has 3 N–H and O–H groups in total. The molecule has 1 aliphatic heterocycles. The number of hydrogen-bond donors (Lipinski definition) is 2. The van der Waals surface area contributed by atoms with E-state index in [1.165, 1.54) is 32.4 Å². The number of nitrogens with one attached hydrogen (secondary N) is 1. The maximum Gasteiger partial charge on any atom is 0.243 e. The molecular formula is C29H42N4O4. The van der Waals surface area contributed by atoms with Gasteiger partial charge >= 0.3 is 0 Å². The molecule has 2 aromatic rings. The first-order chi connectivity index (χ1) is 17.9. The summed E-state index contributed by atoms with van der Waals surface area (Å²) in [5.74, 6) is 0.825. The van der Waals surface area contributed by atoms with E-state index in [-0.39, 0.29) is 29.9 Å². The van der Waals surface area contributed by atoms with Crippen LogP contribution in [0.15, 0.2) is 47.3 Å². The van der Waals surface area contributed by atoms with Gasteiger partial charge in [0.2, 0.25) is 11.8 Å². The van der Waals surface area contributed by atoms with Crippen molar-refractivity contribution in [2.75, 3.05) is 6.54 Å². The molecule has 4 rings (SSSR count). The third-order valence-corrected chi connectivity index (χ3v) is 7.57. The van der Waals surface area contributed by atoms with Crippen molar-refractivity contribution in [1.82, 2.24) is 15.2 Å². The third-order valence-electron chi connectivity index (χ3n) is 7.57. The molecular weight excluding hydrogens is 468 g/mol. The SMILES string of the molecule is CC.CC(=O)[C@H](Cc1ccncc1)NC(=O)[C@@H]1CC(C2CCCCC2)CN1C(=O)CC(N)c1ccco1. The second-order valence-electron chi connectivity index (χ2n) is 10.0. The molecule has 0 radical (unpaired) electrons. The number of nitrogens with zero attached hydrogens (tertiary/aromatic N) is 2. The van der Waals surface area contributed by atoms with Gasteiger partial charge in [0.25, 0.3) is 0 Å². The van der Waals surface area contributed by atoms with Gasteiger partial charge in [-0.25, -0.2) is 0 Å².